The first-order chi connectivity index (χ1) is 15.1. The molecule has 5 rings (SSSR count). The Morgan fingerprint density at radius 3 is 2.68 bits per heavy atom. The van der Waals surface area contributed by atoms with E-state index in [1.807, 2.05) is 30.3 Å². The minimum absolute atomic E-state index is 0.0186. The fourth-order valence-electron chi connectivity index (χ4n) is 5.20. The van der Waals surface area contributed by atoms with E-state index in [2.05, 4.69) is 4.98 Å². The number of hydrogen-bond acceptors (Lipinski definition) is 6. The number of carbonyl (C=O) groups excluding carboxylic acids is 2. The van der Waals surface area contributed by atoms with Crippen LogP contribution in [0.2, 0.25) is 0 Å². The van der Waals surface area contributed by atoms with Crippen molar-refractivity contribution in [2.75, 3.05) is 39.4 Å². The van der Waals surface area contributed by atoms with E-state index in [4.69, 9.17) is 9.47 Å². The summed E-state index contributed by atoms with van der Waals surface area (Å²) in [6.07, 6.45) is 2.96. The number of para-hydroxylation sites is 1. The molecule has 3 saturated heterocycles. The van der Waals surface area contributed by atoms with Crippen LogP contribution in [0.4, 0.5) is 0 Å². The summed E-state index contributed by atoms with van der Waals surface area (Å²) in [4.78, 5) is 33.4. The van der Waals surface area contributed by atoms with E-state index in [0.29, 0.717) is 37.5 Å². The van der Waals surface area contributed by atoms with E-state index in [1.165, 1.54) is 0 Å². The van der Waals surface area contributed by atoms with Crippen LogP contribution < -0.4 is 4.74 Å². The standard InChI is InChI=1S/C23H25N3O5/c27-12-18-19-10-25(21(28)13-30-17-6-2-1-3-7-17)14-23(19)15-26(11-20(18)31-23)22(29)16-5-4-8-24-9-16/h1-9,18-20,27H,10-15H2/t18-,19+,20+,23-/m0/s1. The van der Waals surface area contributed by atoms with Gasteiger partial charge >= 0.3 is 0 Å². The number of aliphatic hydroxyl groups excluding tert-OH is 1. The third kappa shape index (κ3) is 3.55. The summed E-state index contributed by atoms with van der Waals surface area (Å²) in [6, 6.07) is 12.7. The lowest BCUT2D eigenvalue weighted by atomic mass is 9.83. The second-order valence-corrected chi connectivity index (χ2v) is 8.48. The molecule has 2 bridgehead atoms. The van der Waals surface area contributed by atoms with E-state index in [9.17, 15) is 14.7 Å². The topological polar surface area (TPSA) is 92.2 Å². The van der Waals surface area contributed by atoms with Crippen LogP contribution in [0.5, 0.6) is 5.75 Å². The van der Waals surface area contributed by atoms with Crippen LogP contribution in [0.25, 0.3) is 0 Å². The molecule has 162 valence electrons. The van der Waals surface area contributed by atoms with E-state index in [-0.39, 0.29) is 43.0 Å². The van der Waals surface area contributed by atoms with Gasteiger partial charge in [0.05, 0.1) is 24.8 Å². The summed E-state index contributed by atoms with van der Waals surface area (Å²) in [5, 5.41) is 10.1. The van der Waals surface area contributed by atoms with E-state index in [0.717, 1.165) is 0 Å². The molecule has 8 heteroatoms. The van der Waals surface area contributed by atoms with Crippen molar-refractivity contribution >= 4 is 11.8 Å². The zero-order chi connectivity index (χ0) is 21.4. The van der Waals surface area contributed by atoms with Crippen molar-refractivity contribution in [3.8, 4) is 5.75 Å². The highest BCUT2D eigenvalue weighted by Crippen LogP contribution is 2.49. The van der Waals surface area contributed by atoms with Gasteiger partial charge in [-0.2, -0.15) is 0 Å². The first-order valence-corrected chi connectivity index (χ1v) is 10.5. The average molecular weight is 423 g/mol. The van der Waals surface area contributed by atoms with Gasteiger partial charge in [-0.05, 0) is 24.3 Å². The Balaban J connectivity index is 1.31. The van der Waals surface area contributed by atoms with Gasteiger partial charge in [-0.3, -0.25) is 14.6 Å². The first kappa shape index (κ1) is 20.0. The van der Waals surface area contributed by atoms with Crippen molar-refractivity contribution in [1.82, 2.24) is 14.8 Å². The summed E-state index contributed by atoms with van der Waals surface area (Å²) < 4.78 is 12.0. The van der Waals surface area contributed by atoms with Crippen LogP contribution in [0.15, 0.2) is 54.9 Å². The van der Waals surface area contributed by atoms with Crippen LogP contribution in [-0.2, 0) is 9.53 Å². The Kier molecular flexibility index (Phi) is 5.11. The highest BCUT2D eigenvalue weighted by molar-refractivity contribution is 5.94. The quantitative estimate of drug-likeness (QED) is 0.766. The average Bonchev–Trinajstić information content (AvgIpc) is 3.25. The van der Waals surface area contributed by atoms with Crippen molar-refractivity contribution in [1.29, 1.82) is 0 Å². The molecule has 2 amide bonds. The fraction of sp³-hybridized carbons (Fsp3) is 0.435. The molecule has 0 radical (unpaired) electrons. The van der Waals surface area contributed by atoms with Gasteiger partial charge in [-0.15, -0.1) is 0 Å². The maximum absolute atomic E-state index is 13.0. The minimum Gasteiger partial charge on any atom is -0.484 e. The summed E-state index contributed by atoms with van der Waals surface area (Å²) in [5.74, 6) is 0.286. The number of morpholine rings is 1. The molecule has 0 unspecified atom stereocenters. The first-order valence-electron chi connectivity index (χ1n) is 10.5. The monoisotopic (exact) mass is 423 g/mol. The SMILES string of the molecule is O=C(COc1ccccc1)N1C[C@@H]2[C@H](CO)[C@H]3CN(C(=O)c4cccnc4)C[C@]2(C1)O3. The van der Waals surface area contributed by atoms with Crippen LogP contribution in [-0.4, -0.2) is 82.8 Å². The number of carbonyl (C=O) groups is 2. The highest BCUT2D eigenvalue weighted by atomic mass is 16.5. The predicted octanol–water partition coefficient (Wildman–Crippen LogP) is 0.821. The summed E-state index contributed by atoms with van der Waals surface area (Å²) in [6.45, 7) is 1.61. The molecule has 3 aliphatic rings. The number of likely N-dealkylation sites (tertiary alicyclic amines) is 2. The lowest BCUT2D eigenvalue weighted by Gasteiger charge is -2.40. The van der Waals surface area contributed by atoms with Crippen molar-refractivity contribution in [3.63, 3.8) is 0 Å². The number of hydrogen-bond donors (Lipinski definition) is 1. The lowest BCUT2D eigenvalue weighted by molar-refractivity contribution is -0.138. The fourth-order valence-corrected chi connectivity index (χ4v) is 5.20. The highest BCUT2D eigenvalue weighted by Gasteiger charge is 2.63. The van der Waals surface area contributed by atoms with Crippen molar-refractivity contribution < 1.29 is 24.2 Å². The molecule has 4 heterocycles. The van der Waals surface area contributed by atoms with Crippen LogP contribution >= 0.6 is 0 Å². The van der Waals surface area contributed by atoms with Crippen LogP contribution in [0.3, 0.4) is 0 Å². The maximum Gasteiger partial charge on any atom is 0.260 e. The molecular formula is C23H25N3O5. The van der Waals surface area contributed by atoms with Gasteiger partial charge in [0, 0.05) is 43.9 Å². The Bertz CT molecular complexity index is 956. The number of fused-ring (bicyclic) bond motifs is 1. The Morgan fingerprint density at radius 2 is 1.94 bits per heavy atom. The van der Waals surface area contributed by atoms with Gasteiger partial charge < -0.3 is 24.4 Å². The number of benzene rings is 1. The Morgan fingerprint density at radius 1 is 1.13 bits per heavy atom. The molecular weight excluding hydrogens is 398 g/mol. The normalized spacial score (nSPS) is 29.0. The molecule has 1 aromatic heterocycles. The number of aliphatic hydroxyl groups is 1. The Hall–Kier alpha value is -2.97. The van der Waals surface area contributed by atoms with Gasteiger partial charge in [0.1, 0.15) is 11.4 Å². The summed E-state index contributed by atoms with van der Waals surface area (Å²) in [7, 11) is 0. The Labute approximate surface area is 180 Å². The second-order valence-electron chi connectivity index (χ2n) is 8.48. The van der Waals surface area contributed by atoms with Gasteiger partial charge in [0.25, 0.3) is 11.8 Å². The molecule has 4 atom stereocenters. The number of pyridine rings is 1. The summed E-state index contributed by atoms with van der Waals surface area (Å²) >= 11 is 0. The zero-order valence-electron chi connectivity index (χ0n) is 17.1. The van der Waals surface area contributed by atoms with Crippen LogP contribution in [0.1, 0.15) is 10.4 Å². The molecule has 1 N–H and O–H groups in total. The van der Waals surface area contributed by atoms with Gasteiger partial charge in [-0.25, -0.2) is 0 Å². The molecule has 1 aromatic carbocycles. The lowest BCUT2D eigenvalue weighted by Crippen LogP contribution is -2.56. The third-order valence-corrected chi connectivity index (χ3v) is 6.66. The number of amides is 2. The molecule has 0 saturated carbocycles. The largest absolute Gasteiger partial charge is 0.484 e. The number of nitrogens with zero attached hydrogens (tertiary/aromatic N) is 3. The van der Waals surface area contributed by atoms with E-state index < -0.39 is 5.60 Å². The molecule has 0 aliphatic carbocycles. The number of rotatable bonds is 5. The van der Waals surface area contributed by atoms with Gasteiger partial charge in [-0.1, -0.05) is 18.2 Å². The van der Waals surface area contributed by atoms with Crippen molar-refractivity contribution in [2.24, 2.45) is 11.8 Å². The molecule has 3 fully saturated rings. The van der Waals surface area contributed by atoms with Crippen molar-refractivity contribution in [3.05, 3.63) is 60.4 Å². The summed E-state index contributed by atoms with van der Waals surface area (Å²) in [5.41, 5.74) is -0.129. The maximum atomic E-state index is 13.0. The predicted molar refractivity (Wildman–Crippen MR) is 110 cm³/mol. The zero-order valence-corrected chi connectivity index (χ0v) is 17.1. The van der Waals surface area contributed by atoms with E-state index >= 15 is 0 Å². The van der Waals surface area contributed by atoms with Crippen LogP contribution in [0, 0.1) is 11.8 Å². The molecule has 3 aliphatic heterocycles. The third-order valence-electron chi connectivity index (χ3n) is 6.66. The van der Waals surface area contributed by atoms with Gasteiger partial charge in [0.15, 0.2) is 6.61 Å². The second kappa shape index (κ2) is 7.94. The minimum atomic E-state index is -0.656. The van der Waals surface area contributed by atoms with E-state index in [1.54, 1.807) is 34.3 Å². The number of ether oxygens (including phenoxy) is 2. The molecule has 2 aromatic rings. The molecule has 1 spiro atoms. The number of aromatic nitrogens is 1. The molecule has 31 heavy (non-hydrogen) atoms. The van der Waals surface area contributed by atoms with Gasteiger partial charge in [0.2, 0.25) is 0 Å². The molecule has 8 nitrogen and oxygen atoms in total. The van der Waals surface area contributed by atoms with Crippen molar-refractivity contribution in [2.45, 2.75) is 11.7 Å². The smallest absolute Gasteiger partial charge is 0.260 e.